The molecule has 1 heterocycles. The number of carbonyl (C=O) groups excluding carboxylic acids is 1. The molecule has 0 saturated heterocycles. The smallest absolute Gasteiger partial charge is 0.379 e. The molecule has 2 aromatic carbocycles. The first-order valence-corrected chi connectivity index (χ1v) is 6.91. The Bertz CT molecular complexity index is 789. The lowest BCUT2D eigenvalue weighted by molar-refractivity contribution is 0.0701. The van der Waals surface area contributed by atoms with Crippen LogP contribution in [0.5, 0.6) is 5.75 Å². The molecule has 0 unspecified atom stereocenters. The van der Waals surface area contributed by atoms with Crippen LogP contribution in [-0.4, -0.2) is 5.97 Å². The van der Waals surface area contributed by atoms with Crippen LogP contribution in [0.4, 0.5) is 0 Å². The van der Waals surface area contributed by atoms with E-state index in [9.17, 15) is 4.79 Å². The quantitative estimate of drug-likeness (QED) is 0.504. The Hall–Kier alpha value is -2.07. The Morgan fingerprint density at radius 3 is 2.55 bits per heavy atom. The number of furan rings is 1. The van der Waals surface area contributed by atoms with E-state index >= 15 is 0 Å². The summed E-state index contributed by atoms with van der Waals surface area (Å²) >= 11 is 3.34. The highest BCUT2D eigenvalue weighted by atomic mass is 79.9. The maximum atomic E-state index is 12.2. The molecule has 0 spiro atoms. The molecule has 100 valence electrons. The standard InChI is InChI=1S/C16H11BrO3/c1-10-11-6-2-4-8-13(11)19-15(10)16(18)20-14-9-5-3-7-12(14)17/h2-9H,1H3. The average Bonchev–Trinajstić information content (AvgIpc) is 2.79. The lowest BCUT2D eigenvalue weighted by Gasteiger charge is -2.04. The van der Waals surface area contributed by atoms with Crippen LogP contribution in [0.2, 0.25) is 0 Å². The number of esters is 1. The molecule has 0 aliphatic rings. The second-order valence-electron chi connectivity index (χ2n) is 4.37. The zero-order valence-corrected chi connectivity index (χ0v) is 12.3. The van der Waals surface area contributed by atoms with E-state index in [0.717, 1.165) is 15.4 Å². The number of hydrogen-bond donors (Lipinski definition) is 0. The van der Waals surface area contributed by atoms with Crippen molar-refractivity contribution in [3.8, 4) is 5.75 Å². The molecule has 0 atom stereocenters. The van der Waals surface area contributed by atoms with Gasteiger partial charge in [-0.15, -0.1) is 0 Å². The van der Waals surface area contributed by atoms with Gasteiger partial charge < -0.3 is 9.15 Å². The van der Waals surface area contributed by atoms with Gasteiger partial charge in [0.05, 0.1) is 4.47 Å². The van der Waals surface area contributed by atoms with E-state index in [2.05, 4.69) is 15.9 Å². The Balaban J connectivity index is 1.97. The molecule has 20 heavy (non-hydrogen) atoms. The monoisotopic (exact) mass is 330 g/mol. The van der Waals surface area contributed by atoms with Gasteiger partial charge in [0.25, 0.3) is 0 Å². The average molecular weight is 331 g/mol. The molecular weight excluding hydrogens is 320 g/mol. The Morgan fingerprint density at radius 2 is 1.80 bits per heavy atom. The van der Waals surface area contributed by atoms with Gasteiger partial charge in [0.1, 0.15) is 11.3 Å². The highest BCUT2D eigenvalue weighted by molar-refractivity contribution is 9.10. The Morgan fingerprint density at radius 1 is 1.10 bits per heavy atom. The third-order valence-corrected chi connectivity index (χ3v) is 3.72. The van der Waals surface area contributed by atoms with Crippen molar-refractivity contribution in [3.05, 3.63) is 64.3 Å². The van der Waals surface area contributed by atoms with Gasteiger partial charge in [-0.25, -0.2) is 4.79 Å². The summed E-state index contributed by atoms with van der Waals surface area (Å²) in [6.07, 6.45) is 0. The van der Waals surface area contributed by atoms with Gasteiger partial charge in [-0.1, -0.05) is 30.3 Å². The van der Waals surface area contributed by atoms with Crippen molar-refractivity contribution in [1.29, 1.82) is 0 Å². The van der Waals surface area contributed by atoms with E-state index in [-0.39, 0.29) is 5.76 Å². The minimum absolute atomic E-state index is 0.238. The molecule has 0 amide bonds. The van der Waals surface area contributed by atoms with Crippen molar-refractivity contribution in [3.63, 3.8) is 0 Å². The van der Waals surface area contributed by atoms with Gasteiger partial charge in [-0.05, 0) is 41.1 Å². The zero-order valence-electron chi connectivity index (χ0n) is 10.7. The molecule has 3 rings (SSSR count). The predicted octanol–water partition coefficient (Wildman–Crippen LogP) is 4.72. The third kappa shape index (κ3) is 2.23. The fourth-order valence-corrected chi connectivity index (χ4v) is 2.41. The summed E-state index contributed by atoms with van der Waals surface area (Å²) in [5, 5.41) is 0.923. The number of hydrogen-bond acceptors (Lipinski definition) is 3. The molecule has 1 aromatic heterocycles. The number of carbonyl (C=O) groups is 1. The van der Waals surface area contributed by atoms with E-state index < -0.39 is 5.97 Å². The number of aryl methyl sites for hydroxylation is 1. The van der Waals surface area contributed by atoms with Crippen LogP contribution in [0.25, 0.3) is 11.0 Å². The molecule has 4 heteroatoms. The maximum absolute atomic E-state index is 12.2. The van der Waals surface area contributed by atoms with Crippen LogP contribution >= 0.6 is 15.9 Å². The minimum atomic E-state index is -0.495. The lowest BCUT2D eigenvalue weighted by Crippen LogP contribution is -2.09. The fraction of sp³-hybridized carbons (Fsp3) is 0.0625. The summed E-state index contributed by atoms with van der Waals surface area (Å²) in [4.78, 5) is 12.2. The van der Waals surface area contributed by atoms with Crippen LogP contribution in [0.3, 0.4) is 0 Å². The van der Waals surface area contributed by atoms with E-state index in [0.29, 0.717) is 11.3 Å². The first-order valence-electron chi connectivity index (χ1n) is 6.11. The van der Waals surface area contributed by atoms with Gasteiger partial charge >= 0.3 is 5.97 Å². The molecule has 0 bridgehead atoms. The number of fused-ring (bicyclic) bond motifs is 1. The van der Waals surface area contributed by atoms with Crippen LogP contribution in [0.1, 0.15) is 16.1 Å². The van der Waals surface area contributed by atoms with Crippen molar-refractivity contribution in [1.82, 2.24) is 0 Å². The molecule has 3 aromatic rings. The van der Waals surface area contributed by atoms with E-state index in [4.69, 9.17) is 9.15 Å². The van der Waals surface area contributed by atoms with Crippen LogP contribution < -0.4 is 4.74 Å². The summed E-state index contributed by atoms with van der Waals surface area (Å²) in [7, 11) is 0. The minimum Gasteiger partial charge on any atom is -0.449 e. The maximum Gasteiger partial charge on any atom is 0.379 e. The lowest BCUT2D eigenvalue weighted by atomic mass is 10.1. The van der Waals surface area contributed by atoms with Crippen molar-refractivity contribution >= 4 is 32.9 Å². The van der Waals surface area contributed by atoms with Gasteiger partial charge in [-0.2, -0.15) is 0 Å². The molecule has 0 N–H and O–H groups in total. The van der Waals surface area contributed by atoms with Crippen molar-refractivity contribution in [2.45, 2.75) is 6.92 Å². The molecule has 3 nitrogen and oxygen atoms in total. The molecule has 0 fully saturated rings. The number of halogens is 1. The van der Waals surface area contributed by atoms with Gasteiger partial charge in [-0.3, -0.25) is 0 Å². The molecular formula is C16H11BrO3. The Kier molecular flexibility index (Phi) is 3.32. The number of rotatable bonds is 2. The molecule has 0 aliphatic carbocycles. The predicted molar refractivity (Wildman–Crippen MR) is 80.1 cm³/mol. The summed E-state index contributed by atoms with van der Waals surface area (Å²) in [6, 6.07) is 14.7. The van der Waals surface area contributed by atoms with Crippen LogP contribution in [0, 0.1) is 6.92 Å². The highest BCUT2D eigenvalue weighted by Gasteiger charge is 2.20. The zero-order chi connectivity index (χ0) is 14.1. The molecule has 0 aliphatic heterocycles. The van der Waals surface area contributed by atoms with Crippen LogP contribution in [0.15, 0.2) is 57.4 Å². The largest absolute Gasteiger partial charge is 0.449 e. The van der Waals surface area contributed by atoms with Gasteiger partial charge in [0, 0.05) is 10.9 Å². The fourth-order valence-electron chi connectivity index (χ4n) is 2.04. The number of para-hydroxylation sites is 2. The molecule has 0 radical (unpaired) electrons. The van der Waals surface area contributed by atoms with Crippen molar-refractivity contribution in [2.24, 2.45) is 0 Å². The Labute approximate surface area is 124 Å². The number of ether oxygens (including phenoxy) is 1. The van der Waals surface area contributed by atoms with Gasteiger partial charge in [0.15, 0.2) is 0 Å². The van der Waals surface area contributed by atoms with Crippen LogP contribution in [-0.2, 0) is 0 Å². The first-order chi connectivity index (χ1) is 9.66. The normalized spacial score (nSPS) is 10.7. The second-order valence-corrected chi connectivity index (χ2v) is 5.23. The summed E-state index contributed by atoms with van der Waals surface area (Å²) in [5.74, 6) is 0.213. The van der Waals surface area contributed by atoms with E-state index in [1.807, 2.05) is 43.3 Å². The first kappa shape index (κ1) is 12.9. The molecule has 0 saturated carbocycles. The van der Waals surface area contributed by atoms with E-state index in [1.54, 1.807) is 12.1 Å². The summed E-state index contributed by atoms with van der Waals surface area (Å²) in [5.41, 5.74) is 1.47. The van der Waals surface area contributed by atoms with E-state index in [1.165, 1.54) is 0 Å². The summed E-state index contributed by atoms with van der Waals surface area (Å²) < 4.78 is 11.7. The summed E-state index contributed by atoms with van der Waals surface area (Å²) in [6.45, 7) is 1.85. The van der Waals surface area contributed by atoms with Crippen molar-refractivity contribution < 1.29 is 13.9 Å². The van der Waals surface area contributed by atoms with Gasteiger partial charge in [0.2, 0.25) is 5.76 Å². The SMILES string of the molecule is Cc1c(C(=O)Oc2ccccc2Br)oc2ccccc12. The van der Waals surface area contributed by atoms with Crippen molar-refractivity contribution in [2.75, 3.05) is 0 Å². The third-order valence-electron chi connectivity index (χ3n) is 3.07. The topological polar surface area (TPSA) is 39.4 Å². The second kappa shape index (κ2) is 5.13. The highest BCUT2D eigenvalue weighted by Crippen LogP contribution is 2.28. The number of benzene rings is 2.